The Morgan fingerprint density at radius 1 is 1.21 bits per heavy atom. The molecule has 5 heteroatoms. The Labute approximate surface area is 113 Å². The van der Waals surface area contributed by atoms with Crippen LogP contribution in [0, 0.1) is 0 Å². The van der Waals surface area contributed by atoms with Gasteiger partial charge in [-0.1, -0.05) is 6.07 Å². The quantitative estimate of drug-likeness (QED) is 0.865. The summed E-state index contributed by atoms with van der Waals surface area (Å²) >= 11 is 0. The molecule has 106 valence electrons. The van der Waals surface area contributed by atoms with Crippen molar-refractivity contribution in [1.82, 2.24) is 4.90 Å². The lowest BCUT2D eigenvalue weighted by Gasteiger charge is -2.28. The lowest BCUT2D eigenvalue weighted by molar-refractivity contribution is 0.0143. The van der Waals surface area contributed by atoms with E-state index in [9.17, 15) is 5.11 Å². The van der Waals surface area contributed by atoms with Crippen molar-refractivity contribution in [2.45, 2.75) is 6.10 Å². The van der Waals surface area contributed by atoms with Crippen LogP contribution in [-0.4, -0.2) is 57.1 Å². The number of nitrogens with zero attached hydrogens (tertiary/aromatic N) is 1. The van der Waals surface area contributed by atoms with Crippen LogP contribution in [0.3, 0.4) is 0 Å². The number of methoxy groups -OCH3 is 2. The number of benzene rings is 1. The fourth-order valence-electron chi connectivity index (χ4n) is 2.19. The molecule has 1 saturated heterocycles. The van der Waals surface area contributed by atoms with E-state index < -0.39 is 6.10 Å². The van der Waals surface area contributed by atoms with Crippen LogP contribution in [0.5, 0.6) is 11.5 Å². The van der Waals surface area contributed by atoms with Crippen molar-refractivity contribution >= 4 is 0 Å². The second kappa shape index (κ2) is 6.75. The molecule has 1 N–H and O–H groups in total. The fraction of sp³-hybridized carbons (Fsp3) is 0.571. The molecule has 0 spiro atoms. The van der Waals surface area contributed by atoms with Gasteiger partial charge >= 0.3 is 0 Å². The summed E-state index contributed by atoms with van der Waals surface area (Å²) in [6.45, 7) is 3.81. The predicted octanol–water partition coefficient (Wildman–Crippen LogP) is 1.07. The Morgan fingerprint density at radius 2 is 1.89 bits per heavy atom. The van der Waals surface area contributed by atoms with Gasteiger partial charge in [-0.15, -0.1) is 0 Å². The summed E-state index contributed by atoms with van der Waals surface area (Å²) in [6.07, 6.45) is -0.530. The van der Waals surface area contributed by atoms with Crippen molar-refractivity contribution in [3.63, 3.8) is 0 Å². The Morgan fingerprint density at radius 3 is 2.53 bits per heavy atom. The van der Waals surface area contributed by atoms with E-state index in [-0.39, 0.29) is 0 Å². The summed E-state index contributed by atoms with van der Waals surface area (Å²) in [5.74, 6) is 1.31. The standard InChI is InChI=1S/C14H21NO4/c1-17-13-4-3-11(9-14(13)18-2)12(16)10-15-5-7-19-8-6-15/h3-4,9,12,16H,5-8,10H2,1-2H3/t12-/m0/s1. The van der Waals surface area contributed by atoms with E-state index in [0.717, 1.165) is 31.9 Å². The van der Waals surface area contributed by atoms with E-state index in [1.54, 1.807) is 14.2 Å². The van der Waals surface area contributed by atoms with Gasteiger partial charge in [0.1, 0.15) is 0 Å². The molecule has 2 rings (SSSR count). The van der Waals surface area contributed by atoms with Crippen LogP contribution in [0.25, 0.3) is 0 Å². The molecule has 19 heavy (non-hydrogen) atoms. The number of hydrogen-bond acceptors (Lipinski definition) is 5. The largest absolute Gasteiger partial charge is 0.493 e. The summed E-state index contributed by atoms with van der Waals surface area (Å²) in [5.41, 5.74) is 0.837. The van der Waals surface area contributed by atoms with Crippen molar-refractivity contribution in [3.8, 4) is 11.5 Å². The van der Waals surface area contributed by atoms with E-state index in [4.69, 9.17) is 14.2 Å². The van der Waals surface area contributed by atoms with Crippen molar-refractivity contribution in [1.29, 1.82) is 0 Å². The number of β-amino-alcohol motifs (C(OH)–C–C–N with tert-alkyl or cyclic N) is 1. The van der Waals surface area contributed by atoms with Gasteiger partial charge in [0, 0.05) is 19.6 Å². The molecule has 0 bridgehead atoms. The summed E-state index contributed by atoms with van der Waals surface area (Å²) in [7, 11) is 3.19. The number of morpholine rings is 1. The Bertz CT molecular complexity index is 404. The van der Waals surface area contributed by atoms with Gasteiger partial charge in [0.2, 0.25) is 0 Å². The average molecular weight is 267 g/mol. The van der Waals surface area contributed by atoms with Crippen LogP contribution in [0.2, 0.25) is 0 Å². The summed E-state index contributed by atoms with van der Waals surface area (Å²) < 4.78 is 15.7. The third kappa shape index (κ3) is 3.59. The number of aliphatic hydroxyl groups excluding tert-OH is 1. The second-order valence-corrected chi connectivity index (χ2v) is 4.54. The molecule has 5 nitrogen and oxygen atoms in total. The van der Waals surface area contributed by atoms with E-state index in [2.05, 4.69) is 4.90 Å². The molecular formula is C14H21NO4. The minimum Gasteiger partial charge on any atom is -0.493 e. The maximum atomic E-state index is 10.3. The lowest BCUT2D eigenvalue weighted by Crippen LogP contribution is -2.38. The van der Waals surface area contributed by atoms with E-state index in [1.807, 2.05) is 18.2 Å². The monoisotopic (exact) mass is 267 g/mol. The highest BCUT2D eigenvalue weighted by atomic mass is 16.5. The number of rotatable bonds is 5. The predicted molar refractivity (Wildman–Crippen MR) is 71.8 cm³/mol. The first-order chi connectivity index (χ1) is 9.24. The van der Waals surface area contributed by atoms with Gasteiger partial charge in [-0.3, -0.25) is 4.90 Å². The van der Waals surface area contributed by atoms with Gasteiger partial charge in [-0.05, 0) is 17.7 Å². The van der Waals surface area contributed by atoms with Crippen molar-refractivity contribution in [3.05, 3.63) is 23.8 Å². The molecule has 1 fully saturated rings. The van der Waals surface area contributed by atoms with Gasteiger partial charge in [0.15, 0.2) is 11.5 Å². The number of aliphatic hydroxyl groups is 1. The van der Waals surface area contributed by atoms with Crippen LogP contribution in [0.4, 0.5) is 0 Å². The summed E-state index contributed by atoms with van der Waals surface area (Å²) in [5, 5.41) is 10.3. The van der Waals surface area contributed by atoms with Crippen molar-refractivity contribution in [2.24, 2.45) is 0 Å². The van der Waals surface area contributed by atoms with Crippen molar-refractivity contribution < 1.29 is 19.3 Å². The summed E-state index contributed by atoms with van der Waals surface area (Å²) in [6, 6.07) is 5.51. The zero-order valence-corrected chi connectivity index (χ0v) is 11.5. The molecule has 0 aliphatic carbocycles. The molecule has 0 unspecified atom stereocenters. The van der Waals surface area contributed by atoms with Gasteiger partial charge in [0.05, 0.1) is 33.5 Å². The normalized spacial score (nSPS) is 18.1. The first kappa shape index (κ1) is 14.1. The van der Waals surface area contributed by atoms with Crippen LogP contribution in [0.15, 0.2) is 18.2 Å². The third-order valence-electron chi connectivity index (χ3n) is 3.33. The minimum absolute atomic E-state index is 0.530. The second-order valence-electron chi connectivity index (χ2n) is 4.54. The zero-order chi connectivity index (χ0) is 13.7. The Kier molecular flexibility index (Phi) is 5.01. The molecule has 1 atom stereocenters. The summed E-state index contributed by atoms with van der Waals surface area (Å²) in [4.78, 5) is 2.20. The highest BCUT2D eigenvalue weighted by Gasteiger charge is 2.17. The fourth-order valence-corrected chi connectivity index (χ4v) is 2.19. The SMILES string of the molecule is COc1ccc([C@@H](O)CN2CCOCC2)cc1OC. The lowest BCUT2D eigenvalue weighted by atomic mass is 10.1. The molecule has 1 aliphatic rings. The van der Waals surface area contributed by atoms with Gasteiger partial charge in [-0.2, -0.15) is 0 Å². The first-order valence-electron chi connectivity index (χ1n) is 6.44. The number of hydrogen-bond donors (Lipinski definition) is 1. The number of ether oxygens (including phenoxy) is 3. The van der Waals surface area contributed by atoms with Gasteiger partial charge in [0.25, 0.3) is 0 Å². The van der Waals surface area contributed by atoms with Crippen molar-refractivity contribution in [2.75, 3.05) is 47.1 Å². The Balaban J connectivity index is 2.03. The molecule has 0 saturated carbocycles. The molecule has 1 heterocycles. The smallest absolute Gasteiger partial charge is 0.161 e. The molecule has 0 aromatic heterocycles. The molecule has 0 amide bonds. The Hall–Kier alpha value is -1.30. The highest BCUT2D eigenvalue weighted by molar-refractivity contribution is 5.43. The van der Waals surface area contributed by atoms with Gasteiger partial charge in [-0.25, -0.2) is 0 Å². The molecular weight excluding hydrogens is 246 g/mol. The van der Waals surface area contributed by atoms with Crippen LogP contribution < -0.4 is 9.47 Å². The van der Waals surface area contributed by atoms with Crippen LogP contribution in [-0.2, 0) is 4.74 Å². The minimum atomic E-state index is -0.530. The molecule has 1 aromatic carbocycles. The van der Waals surface area contributed by atoms with E-state index in [0.29, 0.717) is 18.0 Å². The topological polar surface area (TPSA) is 51.2 Å². The highest BCUT2D eigenvalue weighted by Crippen LogP contribution is 2.30. The molecule has 1 aliphatic heterocycles. The molecule has 0 radical (unpaired) electrons. The van der Waals surface area contributed by atoms with Crippen LogP contribution >= 0.6 is 0 Å². The van der Waals surface area contributed by atoms with E-state index >= 15 is 0 Å². The molecule has 1 aromatic rings. The average Bonchev–Trinajstić information content (AvgIpc) is 2.47. The first-order valence-corrected chi connectivity index (χ1v) is 6.44. The zero-order valence-electron chi connectivity index (χ0n) is 11.5. The third-order valence-corrected chi connectivity index (χ3v) is 3.33. The van der Waals surface area contributed by atoms with E-state index in [1.165, 1.54) is 0 Å². The maximum absolute atomic E-state index is 10.3. The van der Waals surface area contributed by atoms with Gasteiger partial charge < -0.3 is 19.3 Å². The maximum Gasteiger partial charge on any atom is 0.161 e. The van der Waals surface area contributed by atoms with Crippen LogP contribution in [0.1, 0.15) is 11.7 Å².